The quantitative estimate of drug-likeness (QED) is 0.576. The van der Waals surface area contributed by atoms with Gasteiger partial charge in [0.25, 0.3) is 0 Å². The van der Waals surface area contributed by atoms with Gasteiger partial charge in [-0.2, -0.15) is 10.1 Å². The van der Waals surface area contributed by atoms with Crippen LogP contribution in [-0.2, 0) is 12.8 Å². The third-order valence-corrected chi connectivity index (χ3v) is 5.05. The lowest BCUT2D eigenvalue weighted by Crippen LogP contribution is -2.10. The molecule has 0 amide bonds. The van der Waals surface area contributed by atoms with E-state index in [1.807, 2.05) is 41.1 Å². The summed E-state index contributed by atoms with van der Waals surface area (Å²) >= 11 is 0. The van der Waals surface area contributed by atoms with Crippen LogP contribution in [0.25, 0.3) is 16.7 Å². The molecule has 1 aliphatic rings. The van der Waals surface area contributed by atoms with Gasteiger partial charge >= 0.3 is 0 Å². The molecule has 0 fully saturated rings. The summed E-state index contributed by atoms with van der Waals surface area (Å²) in [7, 11) is 0. The lowest BCUT2D eigenvalue weighted by molar-refractivity contribution is 0.461. The van der Waals surface area contributed by atoms with Gasteiger partial charge in [-0.15, -0.1) is 0 Å². The maximum absolute atomic E-state index is 10.2. The van der Waals surface area contributed by atoms with Crippen molar-refractivity contribution in [1.29, 1.82) is 0 Å². The van der Waals surface area contributed by atoms with Gasteiger partial charge in [0.05, 0.1) is 17.3 Å². The van der Waals surface area contributed by atoms with Crippen LogP contribution in [0.4, 0.5) is 11.6 Å². The van der Waals surface area contributed by atoms with E-state index in [-0.39, 0.29) is 0 Å². The molecular formula is C21H19N5O. The van der Waals surface area contributed by atoms with Crippen molar-refractivity contribution < 1.29 is 5.11 Å². The van der Waals surface area contributed by atoms with Crippen LogP contribution in [0.5, 0.6) is 5.75 Å². The fourth-order valence-electron chi connectivity index (χ4n) is 3.73. The lowest BCUT2D eigenvalue weighted by Gasteiger charge is -2.20. The van der Waals surface area contributed by atoms with Crippen LogP contribution in [0.3, 0.4) is 0 Å². The largest absolute Gasteiger partial charge is 0.508 e. The van der Waals surface area contributed by atoms with Crippen LogP contribution in [0.1, 0.15) is 24.0 Å². The van der Waals surface area contributed by atoms with Crippen molar-refractivity contribution in [3.05, 3.63) is 66.0 Å². The molecule has 6 nitrogen and oxygen atoms in total. The molecule has 27 heavy (non-hydrogen) atoms. The summed E-state index contributed by atoms with van der Waals surface area (Å²) in [5.74, 6) is 0.911. The van der Waals surface area contributed by atoms with Gasteiger partial charge in [0, 0.05) is 11.9 Å². The molecule has 0 atom stereocenters. The van der Waals surface area contributed by atoms with Gasteiger partial charge in [-0.25, -0.2) is 9.67 Å². The first-order valence-electron chi connectivity index (χ1n) is 9.16. The Morgan fingerprint density at radius 2 is 1.74 bits per heavy atom. The van der Waals surface area contributed by atoms with E-state index >= 15 is 0 Å². The number of nitrogens with one attached hydrogen (secondary N) is 1. The molecule has 2 N–H and O–H groups in total. The SMILES string of the molecule is Oc1ccc(-n2ncc3cnc(Nc4ccccc4)nc32)c2c1CCCC2. The van der Waals surface area contributed by atoms with Crippen LogP contribution in [-0.4, -0.2) is 24.9 Å². The van der Waals surface area contributed by atoms with Gasteiger partial charge in [-0.3, -0.25) is 0 Å². The highest BCUT2D eigenvalue weighted by molar-refractivity contribution is 5.77. The molecule has 0 bridgehead atoms. The molecule has 4 aromatic rings. The molecule has 6 heteroatoms. The van der Waals surface area contributed by atoms with Crippen molar-refractivity contribution in [1.82, 2.24) is 19.7 Å². The molecule has 1 aliphatic carbocycles. The number of aromatic hydroxyl groups is 1. The van der Waals surface area contributed by atoms with E-state index in [1.165, 1.54) is 5.56 Å². The fourth-order valence-corrected chi connectivity index (χ4v) is 3.73. The Hall–Kier alpha value is -3.41. The van der Waals surface area contributed by atoms with Crippen molar-refractivity contribution >= 4 is 22.7 Å². The molecular weight excluding hydrogens is 338 g/mol. The zero-order chi connectivity index (χ0) is 18.2. The minimum atomic E-state index is 0.381. The van der Waals surface area contributed by atoms with Gasteiger partial charge < -0.3 is 10.4 Å². The average molecular weight is 357 g/mol. The number of hydrogen-bond donors (Lipinski definition) is 2. The average Bonchev–Trinajstić information content (AvgIpc) is 3.12. The summed E-state index contributed by atoms with van der Waals surface area (Å²) in [6.45, 7) is 0. The molecule has 5 rings (SSSR count). The number of para-hydroxylation sites is 1. The van der Waals surface area contributed by atoms with E-state index in [0.717, 1.165) is 53.7 Å². The van der Waals surface area contributed by atoms with E-state index in [4.69, 9.17) is 4.98 Å². The molecule has 0 aliphatic heterocycles. The first kappa shape index (κ1) is 15.8. The number of benzene rings is 2. The normalized spacial score (nSPS) is 13.5. The topological polar surface area (TPSA) is 75.9 Å². The summed E-state index contributed by atoms with van der Waals surface area (Å²) in [5, 5.41) is 18.9. The maximum atomic E-state index is 10.2. The molecule has 0 unspecified atom stereocenters. The third-order valence-electron chi connectivity index (χ3n) is 5.05. The van der Waals surface area contributed by atoms with Gasteiger partial charge in [0.1, 0.15) is 5.75 Å². The Labute approximate surface area is 156 Å². The Balaban J connectivity index is 1.61. The minimum Gasteiger partial charge on any atom is -0.508 e. The second-order valence-electron chi connectivity index (χ2n) is 6.79. The summed E-state index contributed by atoms with van der Waals surface area (Å²) in [6, 6.07) is 13.5. The molecule has 2 aromatic carbocycles. The molecule has 2 aromatic heterocycles. The Bertz CT molecular complexity index is 1120. The second kappa shape index (κ2) is 6.39. The highest BCUT2D eigenvalue weighted by Crippen LogP contribution is 2.34. The van der Waals surface area contributed by atoms with Gasteiger partial charge in [-0.05, 0) is 61.1 Å². The molecule has 2 heterocycles. The first-order chi connectivity index (χ1) is 13.3. The highest BCUT2D eigenvalue weighted by Gasteiger charge is 2.20. The van der Waals surface area contributed by atoms with Crippen molar-refractivity contribution in [2.45, 2.75) is 25.7 Å². The van der Waals surface area contributed by atoms with Crippen molar-refractivity contribution in [3.8, 4) is 11.4 Å². The predicted octanol–water partition coefficient (Wildman–Crippen LogP) is 4.14. The maximum Gasteiger partial charge on any atom is 0.229 e. The predicted molar refractivity (Wildman–Crippen MR) is 105 cm³/mol. The van der Waals surface area contributed by atoms with Crippen LogP contribution >= 0.6 is 0 Å². The van der Waals surface area contributed by atoms with Crippen molar-refractivity contribution in [2.75, 3.05) is 5.32 Å². The standard InChI is InChI=1S/C21H19N5O/c27-19-11-10-18(16-8-4-5-9-17(16)19)26-20-14(13-23-26)12-22-21(25-20)24-15-6-2-1-3-7-15/h1-3,6-7,10-13,27H,4-5,8-9H2,(H,22,24,25). The summed E-state index contributed by atoms with van der Waals surface area (Å²) in [5.41, 5.74) is 4.88. The lowest BCUT2D eigenvalue weighted by atomic mass is 9.89. The van der Waals surface area contributed by atoms with Gasteiger partial charge in [-0.1, -0.05) is 18.2 Å². The van der Waals surface area contributed by atoms with E-state index in [9.17, 15) is 5.11 Å². The zero-order valence-corrected chi connectivity index (χ0v) is 14.8. The number of phenols is 1. The number of fused-ring (bicyclic) bond motifs is 2. The summed E-state index contributed by atoms with van der Waals surface area (Å²) in [4.78, 5) is 9.09. The van der Waals surface area contributed by atoms with Gasteiger partial charge in [0.2, 0.25) is 5.95 Å². The number of rotatable bonds is 3. The van der Waals surface area contributed by atoms with Crippen molar-refractivity contribution in [2.24, 2.45) is 0 Å². The molecule has 0 spiro atoms. The molecule has 134 valence electrons. The zero-order valence-electron chi connectivity index (χ0n) is 14.8. The minimum absolute atomic E-state index is 0.381. The van der Waals surface area contributed by atoms with Crippen LogP contribution in [0.2, 0.25) is 0 Å². The Kier molecular flexibility index (Phi) is 3.74. The number of hydrogen-bond acceptors (Lipinski definition) is 5. The molecule has 0 saturated carbocycles. The van der Waals surface area contributed by atoms with E-state index in [0.29, 0.717) is 11.7 Å². The van der Waals surface area contributed by atoms with Crippen molar-refractivity contribution in [3.63, 3.8) is 0 Å². The van der Waals surface area contributed by atoms with E-state index < -0.39 is 0 Å². The number of anilines is 2. The molecule has 0 radical (unpaired) electrons. The Morgan fingerprint density at radius 1 is 0.926 bits per heavy atom. The van der Waals surface area contributed by atoms with E-state index in [2.05, 4.69) is 15.4 Å². The fraction of sp³-hybridized carbons (Fsp3) is 0.190. The Morgan fingerprint density at radius 3 is 2.59 bits per heavy atom. The van der Waals surface area contributed by atoms with Gasteiger partial charge in [0.15, 0.2) is 5.65 Å². The van der Waals surface area contributed by atoms with E-state index in [1.54, 1.807) is 18.5 Å². The van der Waals surface area contributed by atoms with Crippen LogP contribution < -0.4 is 5.32 Å². The number of nitrogens with zero attached hydrogens (tertiary/aromatic N) is 4. The summed E-state index contributed by atoms with van der Waals surface area (Å²) in [6.07, 6.45) is 7.65. The van der Waals surface area contributed by atoms with Crippen LogP contribution in [0, 0.1) is 0 Å². The summed E-state index contributed by atoms with van der Waals surface area (Å²) < 4.78 is 1.86. The van der Waals surface area contributed by atoms with Crippen LogP contribution in [0.15, 0.2) is 54.9 Å². The second-order valence-corrected chi connectivity index (χ2v) is 6.79. The smallest absolute Gasteiger partial charge is 0.229 e. The monoisotopic (exact) mass is 357 g/mol. The third kappa shape index (κ3) is 2.79. The molecule has 0 saturated heterocycles. The highest BCUT2D eigenvalue weighted by atomic mass is 16.3. The number of aromatic nitrogens is 4. The first-order valence-corrected chi connectivity index (χ1v) is 9.16. The number of phenolic OH excluding ortho intramolecular Hbond substituents is 1.